The molecule has 0 bridgehead atoms. The van der Waals surface area contributed by atoms with Gasteiger partial charge in [-0.1, -0.05) is 6.07 Å². The first-order valence-corrected chi connectivity index (χ1v) is 4.70. The fourth-order valence-corrected chi connectivity index (χ4v) is 1.35. The van der Waals surface area contributed by atoms with E-state index in [9.17, 15) is 4.39 Å². The summed E-state index contributed by atoms with van der Waals surface area (Å²) in [5.74, 6) is 0.162. The monoisotopic (exact) mass is 289 g/mol. The van der Waals surface area contributed by atoms with Gasteiger partial charge in [0.25, 0.3) is 0 Å². The third-order valence-corrected chi connectivity index (χ3v) is 2.04. The molecular formula is C9H5FINO. The summed E-state index contributed by atoms with van der Waals surface area (Å²) in [6.07, 6.45) is 1.53. The number of rotatable bonds is 1. The van der Waals surface area contributed by atoms with Gasteiger partial charge < -0.3 is 4.42 Å². The van der Waals surface area contributed by atoms with Gasteiger partial charge in [-0.15, -0.1) is 0 Å². The van der Waals surface area contributed by atoms with Gasteiger partial charge in [0.2, 0.25) is 5.89 Å². The van der Waals surface area contributed by atoms with Gasteiger partial charge in [-0.3, -0.25) is 0 Å². The number of oxazole rings is 1. The molecule has 4 heteroatoms. The lowest BCUT2D eigenvalue weighted by atomic mass is 10.2. The van der Waals surface area contributed by atoms with E-state index in [1.165, 1.54) is 18.4 Å². The van der Waals surface area contributed by atoms with Gasteiger partial charge in [0.05, 0.1) is 0 Å². The van der Waals surface area contributed by atoms with E-state index in [1.807, 2.05) is 22.6 Å². The molecular weight excluding hydrogens is 284 g/mol. The summed E-state index contributed by atoms with van der Waals surface area (Å²) < 4.78 is 18.7. The largest absolute Gasteiger partial charge is 0.443 e. The Morgan fingerprint density at radius 3 is 2.85 bits per heavy atom. The maximum absolute atomic E-state index is 12.8. The van der Waals surface area contributed by atoms with E-state index in [4.69, 9.17) is 4.42 Å². The van der Waals surface area contributed by atoms with Crippen LogP contribution in [0.2, 0.25) is 0 Å². The molecule has 0 aliphatic heterocycles. The van der Waals surface area contributed by atoms with Gasteiger partial charge in [0.1, 0.15) is 15.8 Å². The molecule has 1 heterocycles. The Hall–Kier alpha value is -0.910. The SMILES string of the molecule is Fc1cccc(-c2nc(I)co2)c1. The van der Waals surface area contributed by atoms with Crippen LogP contribution < -0.4 is 0 Å². The van der Waals surface area contributed by atoms with Crippen molar-refractivity contribution < 1.29 is 8.81 Å². The summed E-state index contributed by atoms with van der Waals surface area (Å²) in [6, 6.07) is 6.16. The van der Waals surface area contributed by atoms with Crippen LogP contribution in [-0.4, -0.2) is 4.98 Å². The number of benzene rings is 1. The molecule has 0 unspecified atom stereocenters. The van der Waals surface area contributed by atoms with Gasteiger partial charge in [0.15, 0.2) is 0 Å². The number of halogens is 2. The fraction of sp³-hybridized carbons (Fsp3) is 0. The van der Waals surface area contributed by atoms with E-state index in [0.717, 1.165) is 3.70 Å². The van der Waals surface area contributed by atoms with E-state index >= 15 is 0 Å². The topological polar surface area (TPSA) is 26.0 Å². The minimum absolute atomic E-state index is 0.286. The maximum Gasteiger partial charge on any atom is 0.227 e. The van der Waals surface area contributed by atoms with Crippen molar-refractivity contribution in [3.8, 4) is 11.5 Å². The van der Waals surface area contributed by atoms with Crippen molar-refractivity contribution in [1.29, 1.82) is 0 Å². The van der Waals surface area contributed by atoms with Crippen LogP contribution in [0.3, 0.4) is 0 Å². The Labute approximate surface area is 87.9 Å². The number of hydrogen-bond acceptors (Lipinski definition) is 2. The number of aromatic nitrogens is 1. The van der Waals surface area contributed by atoms with Crippen LogP contribution in [0.15, 0.2) is 34.9 Å². The second kappa shape index (κ2) is 3.45. The molecule has 2 nitrogen and oxygen atoms in total. The van der Waals surface area contributed by atoms with Gasteiger partial charge in [-0.25, -0.2) is 9.37 Å². The smallest absolute Gasteiger partial charge is 0.227 e. The predicted molar refractivity (Wildman–Crippen MR) is 54.6 cm³/mol. The summed E-state index contributed by atoms with van der Waals surface area (Å²) >= 11 is 2.04. The Bertz CT molecular complexity index is 427. The molecule has 2 aromatic rings. The van der Waals surface area contributed by atoms with E-state index in [0.29, 0.717) is 11.5 Å². The second-order valence-electron chi connectivity index (χ2n) is 2.49. The highest BCUT2D eigenvalue weighted by Crippen LogP contribution is 2.19. The second-order valence-corrected chi connectivity index (χ2v) is 3.59. The lowest BCUT2D eigenvalue weighted by molar-refractivity contribution is 0.571. The van der Waals surface area contributed by atoms with Crippen LogP contribution in [0.4, 0.5) is 4.39 Å². The van der Waals surface area contributed by atoms with Crippen LogP contribution in [0.25, 0.3) is 11.5 Å². The lowest BCUT2D eigenvalue weighted by Crippen LogP contribution is -1.79. The average molecular weight is 289 g/mol. The summed E-state index contributed by atoms with van der Waals surface area (Å²) in [4.78, 5) is 4.08. The zero-order valence-corrected chi connectivity index (χ0v) is 8.66. The Kier molecular flexibility index (Phi) is 2.30. The number of hydrogen-bond donors (Lipinski definition) is 0. The third-order valence-electron chi connectivity index (χ3n) is 1.55. The average Bonchev–Trinajstić information content (AvgIpc) is 2.52. The molecule has 2 rings (SSSR count). The first-order valence-electron chi connectivity index (χ1n) is 3.63. The molecule has 0 fully saturated rings. The van der Waals surface area contributed by atoms with E-state index in [-0.39, 0.29) is 5.82 Å². The van der Waals surface area contributed by atoms with Gasteiger partial charge in [-0.05, 0) is 40.8 Å². The molecule has 66 valence electrons. The van der Waals surface area contributed by atoms with Crippen molar-refractivity contribution in [2.75, 3.05) is 0 Å². The van der Waals surface area contributed by atoms with Crippen molar-refractivity contribution in [2.45, 2.75) is 0 Å². The van der Waals surface area contributed by atoms with E-state index < -0.39 is 0 Å². The maximum atomic E-state index is 12.8. The molecule has 0 spiro atoms. The molecule has 1 aromatic heterocycles. The van der Waals surface area contributed by atoms with Crippen molar-refractivity contribution in [2.24, 2.45) is 0 Å². The highest BCUT2D eigenvalue weighted by molar-refractivity contribution is 14.1. The summed E-state index contributed by atoms with van der Waals surface area (Å²) in [6.45, 7) is 0. The molecule has 13 heavy (non-hydrogen) atoms. The molecule has 0 amide bonds. The van der Waals surface area contributed by atoms with Gasteiger partial charge in [-0.2, -0.15) is 0 Å². The van der Waals surface area contributed by atoms with Crippen molar-refractivity contribution in [3.05, 3.63) is 40.0 Å². The number of nitrogens with zero attached hydrogens (tertiary/aromatic N) is 1. The first kappa shape index (κ1) is 8.68. The van der Waals surface area contributed by atoms with Crippen molar-refractivity contribution >= 4 is 22.6 Å². The minimum atomic E-state index is -0.286. The van der Waals surface area contributed by atoms with E-state index in [1.54, 1.807) is 12.1 Å². The van der Waals surface area contributed by atoms with Crippen LogP contribution in [-0.2, 0) is 0 Å². The summed E-state index contributed by atoms with van der Waals surface area (Å²) in [7, 11) is 0. The Balaban J connectivity index is 2.46. The zero-order chi connectivity index (χ0) is 9.26. The Morgan fingerprint density at radius 1 is 1.38 bits per heavy atom. The molecule has 0 radical (unpaired) electrons. The highest BCUT2D eigenvalue weighted by Gasteiger charge is 2.04. The molecule has 0 atom stereocenters. The molecule has 0 N–H and O–H groups in total. The Morgan fingerprint density at radius 2 is 2.23 bits per heavy atom. The van der Waals surface area contributed by atoms with Gasteiger partial charge >= 0.3 is 0 Å². The fourth-order valence-electron chi connectivity index (χ4n) is 1.01. The predicted octanol–water partition coefficient (Wildman–Crippen LogP) is 3.09. The lowest BCUT2D eigenvalue weighted by Gasteiger charge is -1.93. The molecule has 0 saturated heterocycles. The summed E-state index contributed by atoms with van der Waals surface area (Å²) in [5.41, 5.74) is 0.655. The molecule has 0 aliphatic rings. The van der Waals surface area contributed by atoms with Crippen LogP contribution in [0.5, 0.6) is 0 Å². The van der Waals surface area contributed by atoms with Crippen molar-refractivity contribution in [3.63, 3.8) is 0 Å². The highest BCUT2D eigenvalue weighted by atomic mass is 127. The minimum Gasteiger partial charge on any atom is -0.443 e. The van der Waals surface area contributed by atoms with Crippen molar-refractivity contribution in [1.82, 2.24) is 4.98 Å². The third kappa shape index (κ3) is 1.88. The van der Waals surface area contributed by atoms with Gasteiger partial charge in [0, 0.05) is 5.56 Å². The summed E-state index contributed by atoms with van der Waals surface area (Å²) in [5, 5.41) is 0. The quantitative estimate of drug-likeness (QED) is 0.754. The normalized spacial score (nSPS) is 10.3. The van der Waals surface area contributed by atoms with Crippen LogP contribution in [0.1, 0.15) is 0 Å². The van der Waals surface area contributed by atoms with E-state index in [2.05, 4.69) is 4.98 Å². The molecule has 0 aliphatic carbocycles. The standard InChI is InChI=1S/C9H5FINO/c10-7-3-1-2-6(4-7)9-12-8(11)5-13-9/h1-5H. The molecule has 1 aromatic carbocycles. The first-order chi connectivity index (χ1) is 6.25. The zero-order valence-electron chi connectivity index (χ0n) is 6.50. The van der Waals surface area contributed by atoms with Crippen LogP contribution in [0, 0.1) is 9.52 Å². The van der Waals surface area contributed by atoms with Crippen LogP contribution >= 0.6 is 22.6 Å². The molecule has 0 saturated carbocycles.